The zero-order valence-corrected chi connectivity index (χ0v) is 10.8. The van der Waals surface area contributed by atoms with E-state index in [9.17, 15) is 4.79 Å². The number of carboxylic acids is 1. The van der Waals surface area contributed by atoms with Crippen LogP contribution in [0.15, 0.2) is 0 Å². The van der Waals surface area contributed by atoms with Gasteiger partial charge < -0.3 is 18.4 Å². The van der Waals surface area contributed by atoms with Crippen LogP contribution in [-0.2, 0) is 18.1 Å². The maximum absolute atomic E-state index is 10.1. The van der Waals surface area contributed by atoms with Crippen molar-refractivity contribution in [3.63, 3.8) is 0 Å². The molecule has 1 fully saturated rings. The van der Waals surface area contributed by atoms with Crippen LogP contribution in [0.3, 0.4) is 0 Å². The average molecular weight is 234 g/mol. The van der Waals surface area contributed by atoms with Crippen LogP contribution in [0.2, 0.25) is 5.28 Å². The molecule has 0 bridgehead atoms. The Morgan fingerprint density at radius 2 is 2.33 bits per heavy atom. The fourth-order valence-electron chi connectivity index (χ4n) is 1.08. The van der Waals surface area contributed by atoms with Gasteiger partial charge in [0.25, 0.3) is 6.29 Å². The Bertz CT molecular complexity index is 149. The molecule has 0 aliphatic carbocycles. The maximum Gasteiger partial charge on any atom is 0.435 e. The van der Waals surface area contributed by atoms with Crippen LogP contribution in [0.5, 0.6) is 0 Å². The molecule has 1 saturated heterocycles. The van der Waals surface area contributed by atoms with Crippen molar-refractivity contribution in [1.82, 2.24) is 0 Å². The highest BCUT2D eigenvalue weighted by molar-refractivity contribution is 6.27. The summed E-state index contributed by atoms with van der Waals surface area (Å²) in [6, 6.07) is 0. The summed E-state index contributed by atoms with van der Waals surface area (Å²) in [5.74, 6) is -1.10. The van der Waals surface area contributed by atoms with Gasteiger partial charge in [0.05, 0.1) is 0 Å². The van der Waals surface area contributed by atoms with Gasteiger partial charge in [-0.3, -0.25) is 0 Å². The minimum atomic E-state index is -1.12. The zero-order valence-electron chi connectivity index (χ0n) is 9.40. The van der Waals surface area contributed by atoms with E-state index in [1.54, 1.807) is 6.92 Å². The molecule has 0 saturated carbocycles. The van der Waals surface area contributed by atoms with Gasteiger partial charge in [0.15, 0.2) is 0 Å². The summed E-state index contributed by atoms with van der Waals surface area (Å²) < 4.78 is 14.3. The second kappa shape index (κ2) is 10.4. The summed E-state index contributed by atoms with van der Waals surface area (Å²) >= 11 is 0.00849. The molecule has 1 unspecified atom stereocenters. The highest BCUT2D eigenvalue weighted by Gasteiger charge is 2.14. The van der Waals surface area contributed by atoms with Gasteiger partial charge in [0.1, 0.15) is 0 Å². The highest BCUT2D eigenvalue weighted by atomic mass is 27.1. The third-order valence-corrected chi connectivity index (χ3v) is 3.18. The summed E-state index contributed by atoms with van der Waals surface area (Å²) in [7, 11) is 1.29. The smallest absolute Gasteiger partial charge is 0.435 e. The first-order valence-electron chi connectivity index (χ1n) is 5.17. The third kappa shape index (κ3) is 8.85. The molecule has 1 N–H and O–H groups in total. The molecule has 88 valence electrons. The van der Waals surface area contributed by atoms with Gasteiger partial charge in [-0.1, -0.05) is 11.7 Å². The Morgan fingerprint density at radius 3 is 2.47 bits per heavy atom. The van der Waals surface area contributed by atoms with Crippen LogP contribution in [0, 0.1) is 0 Å². The molecule has 5 nitrogen and oxygen atoms in total. The molecule has 1 aliphatic rings. The van der Waals surface area contributed by atoms with Crippen molar-refractivity contribution >= 4 is 21.5 Å². The number of carboxylic acid groups (broad SMARTS) is 1. The van der Waals surface area contributed by atoms with Crippen LogP contribution in [0.25, 0.3) is 0 Å². The number of aliphatic carboxylic acids is 1. The molecule has 1 rings (SSSR count). The van der Waals surface area contributed by atoms with Gasteiger partial charge >= 0.3 is 21.5 Å². The maximum atomic E-state index is 10.1. The van der Waals surface area contributed by atoms with Gasteiger partial charge in [-0.05, 0) is 13.3 Å². The van der Waals surface area contributed by atoms with E-state index in [4.69, 9.17) is 8.90 Å². The fourth-order valence-corrected chi connectivity index (χ4v) is 2.25. The number of rotatable bonds is 4. The van der Waals surface area contributed by atoms with Crippen molar-refractivity contribution in [1.29, 1.82) is 0 Å². The Morgan fingerprint density at radius 1 is 1.60 bits per heavy atom. The number of hydrogen-bond donors (Lipinski definition) is 1. The lowest BCUT2D eigenvalue weighted by Crippen LogP contribution is -2.25. The molecule has 15 heavy (non-hydrogen) atoms. The molecular weight excluding hydrogens is 215 g/mol. The first kappa shape index (κ1) is 14.9. The second-order valence-corrected chi connectivity index (χ2v) is 4.56. The molecule has 6 heteroatoms. The Labute approximate surface area is 96.7 Å². The van der Waals surface area contributed by atoms with E-state index in [2.05, 4.69) is 9.47 Å². The predicted octanol–water partition coefficient (Wildman–Crippen LogP) is 0.647. The monoisotopic (exact) mass is 234 g/mol. The summed E-state index contributed by atoms with van der Waals surface area (Å²) in [6.07, 6.45) is 1.63. The van der Waals surface area contributed by atoms with Crippen molar-refractivity contribution in [2.24, 2.45) is 0 Å². The largest absolute Gasteiger partial charge is 0.503 e. The minimum Gasteiger partial charge on any atom is -0.503 e. The van der Waals surface area contributed by atoms with Crippen LogP contribution in [0.4, 0.5) is 0 Å². The molecule has 0 aromatic carbocycles. The van der Waals surface area contributed by atoms with Gasteiger partial charge in [0, 0.05) is 20.3 Å². The normalized spacial score (nSPS) is 16.9. The lowest BCUT2D eigenvalue weighted by Gasteiger charge is -2.08. The quantitative estimate of drug-likeness (QED) is 0.571. The van der Waals surface area contributed by atoms with E-state index < -0.39 is 12.3 Å². The van der Waals surface area contributed by atoms with Gasteiger partial charge in [-0.25, -0.2) is 4.79 Å². The first-order chi connectivity index (χ1) is 7.22. The van der Waals surface area contributed by atoms with Crippen molar-refractivity contribution in [2.75, 3.05) is 20.3 Å². The van der Waals surface area contributed by atoms with Crippen molar-refractivity contribution in [3.8, 4) is 0 Å². The van der Waals surface area contributed by atoms with E-state index >= 15 is 0 Å². The first-order valence-corrected chi connectivity index (χ1v) is 6.75. The molecule has 1 atom stereocenters. The van der Waals surface area contributed by atoms with E-state index in [-0.39, 0.29) is 15.6 Å². The molecule has 0 amide bonds. The zero-order chi connectivity index (χ0) is 11.5. The molecular formula is C9H19AlO5. The Kier molecular flexibility index (Phi) is 10.3. The molecule has 1 aliphatic heterocycles. The van der Waals surface area contributed by atoms with Gasteiger partial charge in [-0.2, -0.15) is 0 Å². The van der Waals surface area contributed by atoms with Crippen molar-refractivity contribution in [3.05, 3.63) is 0 Å². The van der Waals surface area contributed by atoms with Crippen molar-refractivity contribution < 1.29 is 23.2 Å². The number of ether oxygens (including phenoxy) is 2. The van der Waals surface area contributed by atoms with Gasteiger partial charge in [0.2, 0.25) is 0 Å². The predicted molar refractivity (Wildman–Crippen MR) is 57.2 cm³/mol. The molecule has 0 spiro atoms. The third-order valence-electron chi connectivity index (χ3n) is 1.81. The summed E-state index contributed by atoms with van der Waals surface area (Å²) in [5, 5.41) is 9.67. The van der Waals surface area contributed by atoms with Crippen molar-refractivity contribution in [2.45, 2.75) is 31.3 Å². The number of hydrogen-bond acceptors (Lipinski definition) is 4. The standard InChI is InChI=1S/C5H10O4.C4H8O.Al.H/c1-3-9-5(8-2)4(6)7;1-2-3-4-5;;/h5H,3H2,1-2H3,(H,6,7);1-4H2;;/q;-1;+1;. The minimum absolute atomic E-state index is 0.00849. The fraction of sp³-hybridized carbons (Fsp3) is 0.889. The van der Waals surface area contributed by atoms with Gasteiger partial charge in [-0.15, -0.1) is 0 Å². The van der Waals surface area contributed by atoms with Crippen LogP contribution >= 0.6 is 0 Å². The summed E-state index contributed by atoms with van der Waals surface area (Å²) in [4.78, 5) is 10.1. The van der Waals surface area contributed by atoms with Crippen LogP contribution < -0.4 is 0 Å². The average Bonchev–Trinajstić information content (AvgIpc) is 2.28. The van der Waals surface area contributed by atoms with E-state index in [0.717, 1.165) is 6.61 Å². The van der Waals surface area contributed by atoms with E-state index in [1.807, 2.05) is 0 Å². The number of carbonyl (C=O) groups is 1. The summed E-state index contributed by atoms with van der Waals surface area (Å²) in [6.45, 7) is 3.10. The molecule has 0 aromatic rings. The SMILES string of the molecule is C1C[CH2][AlH][O]C1.CCOC(OC)C(=O)O. The van der Waals surface area contributed by atoms with Crippen LogP contribution in [0.1, 0.15) is 19.8 Å². The molecule has 0 radical (unpaired) electrons. The Balaban J connectivity index is 0.000000280. The van der Waals surface area contributed by atoms with E-state index in [1.165, 1.54) is 25.2 Å². The Hall–Kier alpha value is -0.118. The lowest BCUT2D eigenvalue weighted by atomic mass is 10.4. The summed E-state index contributed by atoms with van der Waals surface area (Å²) in [5.41, 5.74) is 0. The lowest BCUT2D eigenvalue weighted by molar-refractivity contribution is -0.181. The second-order valence-electron chi connectivity index (χ2n) is 3.03. The topological polar surface area (TPSA) is 65.0 Å². The molecule has 1 heterocycles. The van der Waals surface area contributed by atoms with Crippen LogP contribution in [-0.4, -0.2) is 53.2 Å². The molecule has 0 aromatic heterocycles. The highest BCUT2D eigenvalue weighted by Crippen LogP contribution is 2.01. The van der Waals surface area contributed by atoms with E-state index in [0.29, 0.717) is 6.61 Å². The number of methoxy groups -OCH3 is 1.